The fourth-order valence-electron chi connectivity index (χ4n) is 2.18. The van der Waals surface area contributed by atoms with Gasteiger partial charge in [0, 0.05) is 15.7 Å². The van der Waals surface area contributed by atoms with Crippen molar-refractivity contribution in [3.8, 4) is 0 Å². The molecule has 1 aliphatic rings. The summed E-state index contributed by atoms with van der Waals surface area (Å²) in [6.07, 6.45) is 0.880. The molecule has 4 nitrogen and oxygen atoms in total. The number of amides is 1. The highest BCUT2D eigenvalue weighted by Crippen LogP contribution is 2.23. The van der Waals surface area contributed by atoms with Gasteiger partial charge in [0.25, 0.3) is 0 Å². The van der Waals surface area contributed by atoms with Crippen LogP contribution >= 0.6 is 22.6 Å². The van der Waals surface area contributed by atoms with E-state index in [-0.39, 0.29) is 29.8 Å². The minimum absolute atomic E-state index is 0.0329. The van der Waals surface area contributed by atoms with Crippen molar-refractivity contribution in [1.82, 2.24) is 0 Å². The number of carbonyl (C=O) groups excluding carboxylic acids is 1. The third-order valence-corrected chi connectivity index (χ3v) is 6.26. The fourth-order valence-corrected chi connectivity index (χ4v) is 4.55. The minimum atomic E-state index is -2.91. The summed E-state index contributed by atoms with van der Waals surface area (Å²) in [5, 5.41) is 2.83. The van der Waals surface area contributed by atoms with Gasteiger partial charge in [0.15, 0.2) is 9.84 Å². The Bertz CT molecular complexity index is 598. The van der Waals surface area contributed by atoms with Crippen LogP contribution in [0.1, 0.15) is 18.4 Å². The molecule has 2 rings (SSSR count). The Morgan fingerprint density at radius 2 is 2.21 bits per heavy atom. The molecule has 1 saturated heterocycles. The second-order valence-electron chi connectivity index (χ2n) is 4.99. The first kappa shape index (κ1) is 14.8. The van der Waals surface area contributed by atoms with Gasteiger partial charge in [-0.15, -0.1) is 0 Å². The Morgan fingerprint density at radius 3 is 2.79 bits per heavy atom. The summed E-state index contributed by atoms with van der Waals surface area (Å²) in [5.74, 6) is 0.218. The van der Waals surface area contributed by atoms with Crippen LogP contribution in [0.2, 0.25) is 0 Å². The number of hydrogen-bond donors (Lipinski definition) is 1. The maximum Gasteiger partial charge on any atom is 0.224 e. The monoisotopic (exact) mass is 393 g/mol. The Hall–Kier alpha value is -0.630. The lowest BCUT2D eigenvalue weighted by molar-refractivity contribution is -0.116. The zero-order valence-corrected chi connectivity index (χ0v) is 13.6. The van der Waals surface area contributed by atoms with Crippen LogP contribution in [-0.4, -0.2) is 25.8 Å². The van der Waals surface area contributed by atoms with E-state index in [1.54, 1.807) is 0 Å². The number of nitrogens with one attached hydrogen (secondary N) is 1. The van der Waals surface area contributed by atoms with Crippen LogP contribution in [-0.2, 0) is 14.6 Å². The van der Waals surface area contributed by atoms with Gasteiger partial charge in [-0.05, 0) is 59.5 Å². The summed E-state index contributed by atoms with van der Waals surface area (Å²) in [5.41, 5.74) is 1.93. The molecule has 6 heteroatoms. The van der Waals surface area contributed by atoms with Crippen molar-refractivity contribution in [3.05, 3.63) is 27.3 Å². The zero-order chi connectivity index (χ0) is 14.0. The number of halogens is 1. The van der Waals surface area contributed by atoms with Crippen molar-refractivity contribution in [2.45, 2.75) is 19.8 Å². The number of benzene rings is 1. The molecule has 1 amide bonds. The lowest BCUT2D eigenvalue weighted by Crippen LogP contribution is -2.17. The average molecular weight is 393 g/mol. The van der Waals surface area contributed by atoms with Crippen molar-refractivity contribution in [2.24, 2.45) is 5.92 Å². The van der Waals surface area contributed by atoms with Gasteiger partial charge >= 0.3 is 0 Å². The van der Waals surface area contributed by atoms with E-state index in [9.17, 15) is 13.2 Å². The van der Waals surface area contributed by atoms with E-state index in [0.29, 0.717) is 6.42 Å². The van der Waals surface area contributed by atoms with Crippen LogP contribution < -0.4 is 5.32 Å². The number of aryl methyl sites for hydroxylation is 1. The SMILES string of the molecule is Cc1ccc(NC(=O)CC2CCS(=O)(=O)C2)cc1I. The van der Waals surface area contributed by atoms with Gasteiger partial charge in [-0.25, -0.2) is 8.42 Å². The number of sulfone groups is 1. The van der Waals surface area contributed by atoms with E-state index in [1.807, 2.05) is 25.1 Å². The fraction of sp³-hybridized carbons (Fsp3) is 0.462. The first-order chi connectivity index (χ1) is 8.85. The largest absolute Gasteiger partial charge is 0.326 e. The van der Waals surface area contributed by atoms with Gasteiger partial charge in [0.05, 0.1) is 11.5 Å². The van der Waals surface area contributed by atoms with Crippen LogP contribution in [0.25, 0.3) is 0 Å². The van der Waals surface area contributed by atoms with Gasteiger partial charge in [0.1, 0.15) is 0 Å². The number of anilines is 1. The molecule has 104 valence electrons. The molecule has 1 fully saturated rings. The third kappa shape index (κ3) is 4.17. The first-order valence-electron chi connectivity index (χ1n) is 6.12. The van der Waals surface area contributed by atoms with Gasteiger partial charge < -0.3 is 5.32 Å². The third-order valence-electron chi connectivity index (χ3n) is 3.26. The van der Waals surface area contributed by atoms with E-state index in [4.69, 9.17) is 0 Å². The Morgan fingerprint density at radius 1 is 1.47 bits per heavy atom. The number of carbonyl (C=O) groups is 1. The summed E-state index contributed by atoms with van der Waals surface area (Å²) in [6, 6.07) is 5.73. The maximum atomic E-state index is 11.9. The molecule has 0 bridgehead atoms. The molecule has 1 unspecified atom stereocenters. The zero-order valence-electron chi connectivity index (χ0n) is 10.6. The maximum absolute atomic E-state index is 11.9. The van der Waals surface area contributed by atoms with Gasteiger partial charge in [-0.2, -0.15) is 0 Å². The molecule has 0 aliphatic carbocycles. The van der Waals surface area contributed by atoms with E-state index >= 15 is 0 Å². The van der Waals surface area contributed by atoms with Crippen molar-refractivity contribution in [1.29, 1.82) is 0 Å². The molecule has 0 radical (unpaired) electrons. The summed E-state index contributed by atoms with van der Waals surface area (Å²) in [7, 11) is -2.91. The Kier molecular flexibility index (Phi) is 4.50. The van der Waals surface area contributed by atoms with E-state index < -0.39 is 9.84 Å². The lowest BCUT2D eigenvalue weighted by atomic mass is 10.0. The van der Waals surface area contributed by atoms with Crippen LogP contribution in [0.5, 0.6) is 0 Å². The molecule has 1 aliphatic heterocycles. The van der Waals surface area contributed by atoms with Crippen molar-refractivity contribution in [3.63, 3.8) is 0 Å². The molecule has 0 spiro atoms. The minimum Gasteiger partial charge on any atom is -0.326 e. The highest BCUT2D eigenvalue weighted by Gasteiger charge is 2.29. The molecule has 1 aromatic carbocycles. The summed E-state index contributed by atoms with van der Waals surface area (Å²) in [4.78, 5) is 11.9. The smallest absolute Gasteiger partial charge is 0.224 e. The molecular weight excluding hydrogens is 377 g/mol. The first-order valence-corrected chi connectivity index (χ1v) is 9.02. The predicted octanol–water partition coefficient (Wildman–Crippen LogP) is 2.36. The number of rotatable bonds is 3. The van der Waals surface area contributed by atoms with Crippen LogP contribution in [0.15, 0.2) is 18.2 Å². The molecule has 19 heavy (non-hydrogen) atoms. The molecule has 0 aromatic heterocycles. The second kappa shape index (κ2) is 5.78. The van der Waals surface area contributed by atoms with Gasteiger partial charge in [-0.1, -0.05) is 6.07 Å². The van der Waals surface area contributed by atoms with Crippen LogP contribution in [0.4, 0.5) is 5.69 Å². The molecule has 1 N–H and O–H groups in total. The summed E-state index contributed by atoms with van der Waals surface area (Å²) >= 11 is 2.22. The van der Waals surface area contributed by atoms with E-state index in [0.717, 1.165) is 9.26 Å². The molecule has 1 heterocycles. The van der Waals surface area contributed by atoms with Gasteiger partial charge in [0.2, 0.25) is 5.91 Å². The molecule has 1 atom stereocenters. The van der Waals surface area contributed by atoms with Crippen LogP contribution in [0.3, 0.4) is 0 Å². The van der Waals surface area contributed by atoms with Crippen molar-refractivity contribution in [2.75, 3.05) is 16.8 Å². The summed E-state index contributed by atoms with van der Waals surface area (Å²) < 4.78 is 23.8. The lowest BCUT2D eigenvalue weighted by Gasteiger charge is -2.09. The van der Waals surface area contributed by atoms with E-state index in [1.165, 1.54) is 5.56 Å². The second-order valence-corrected chi connectivity index (χ2v) is 8.38. The standard InChI is InChI=1S/C13H16INO3S/c1-9-2-3-11(7-12(9)14)15-13(16)6-10-4-5-19(17,18)8-10/h2-3,7,10H,4-6,8H2,1H3,(H,15,16). The highest BCUT2D eigenvalue weighted by molar-refractivity contribution is 14.1. The quantitative estimate of drug-likeness (QED) is 0.803. The van der Waals surface area contributed by atoms with Crippen LogP contribution in [0, 0.1) is 16.4 Å². The highest BCUT2D eigenvalue weighted by atomic mass is 127. The normalized spacial score (nSPS) is 21.3. The summed E-state index contributed by atoms with van der Waals surface area (Å²) in [6.45, 7) is 2.01. The molecule has 1 aromatic rings. The van der Waals surface area contributed by atoms with Gasteiger partial charge in [-0.3, -0.25) is 4.79 Å². The number of hydrogen-bond acceptors (Lipinski definition) is 3. The molecule has 0 saturated carbocycles. The average Bonchev–Trinajstić information content (AvgIpc) is 2.63. The van der Waals surface area contributed by atoms with Crippen molar-refractivity contribution >= 4 is 44.0 Å². The Labute approximate surface area is 127 Å². The molecular formula is C13H16INO3S. The van der Waals surface area contributed by atoms with Crippen molar-refractivity contribution < 1.29 is 13.2 Å². The topological polar surface area (TPSA) is 63.2 Å². The van der Waals surface area contributed by atoms with E-state index in [2.05, 4.69) is 27.9 Å². The Balaban J connectivity index is 1.93. The predicted molar refractivity (Wildman–Crippen MR) is 83.9 cm³/mol.